The number of unbranched alkanes of at least 4 members (excludes halogenated alkanes) is 3. The summed E-state index contributed by atoms with van der Waals surface area (Å²) >= 11 is 0. The summed E-state index contributed by atoms with van der Waals surface area (Å²) < 4.78 is 5.75. The summed E-state index contributed by atoms with van der Waals surface area (Å²) in [6, 6.07) is -0.145. The molecule has 0 aromatic carbocycles. The van der Waals surface area contributed by atoms with Crippen molar-refractivity contribution in [2.45, 2.75) is 57.8 Å². The molecule has 36 heavy (non-hydrogen) atoms. The molecule has 3 atom stereocenters. The first-order valence-corrected chi connectivity index (χ1v) is 13.6. The first-order chi connectivity index (χ1) is 17.7. The van der Waals surface area contributed by atoms with E-state index in [1.54, 1.807) is 7.05 Å². The zero-order chi connectivity index (χ0) is 25.4. The minimum absolute atomic E-state index is 0.145. The van der Waals surface area contributed by atoms with Gasteiger partial charge in [-0.15, -0.1) is 0 Å². The minimum atomic E-state index is -0.315. The molecule has 0 radical (unpaired) electrons. The lowest BCUT2D eigenvalue weighted by Crippen LogP contribution is -2.33. The number of hydrogen-bond donors (Lipinski definition) is 3. The fraction of sp³-hybridized carbons (Fsp3) is 0.533. The first kappa shape index (κ1) is 27.6. The molecule has 4 aliphatic rings. The van der Waals surface area contributed by atoms with E-state index >= 15 is 0 Å². The van der Waals surface area contributed by atoms with E-state index in [-0.39, 0.29) is 12.1 Å². The molecule has 3 unspecified atom stereocenters. The number of carbonyl (C=O) groups is 2. The van der Waals surface area contributed by atoms with Crippen LogP contribution in [0.4, 0.5) is 9.59 Å². The van der Waals surface area contributed by atoms with Crippen molar-refractivity contribution in [1.29, 1.82) is 0 Å². The lowest BCUT2D eigenvalue weighted by atomic mass is 9.73. The van der Waals surface area contributed by atoms with Gasteiger partial charge >= 0.3 is 12.1 Å². The summed E-state index contributed by atoms with van der Waals surface area (Å²) in [5.74, 6) is 1.25. The van der Waals surface area contributed by atoms with E-state index in [1.807, 2.05) is 0 Å². The zero-order valence-corrected chi connectivity index (χ0v) is 21.7. The van der Waals surface area contributed by atoms with Gasteiger partial charge in [0.25, 0.3) is 0 Å². The van der Waals surface area contributed by atoms with Crippen LogP contribution < -0.4 is 16.0 Å². The van der Waals surface area contributed by atoms with Gasteiger partial charge in [0.15, 0.2) is 0 Å². The molecule has 3 amide bonds. The van der Waals surface area contributed by atoms with E-state index in [2.05, 4.69) is 76.7 Å². The van der Waals surface area contributed by atoms with Crippen LogP contribution in [-0.2, 0) is 4.74 Å². The van der Waals surface area contributed by atoms with Gasteiger partial charge in [-0.1, -0.05) is 80.0 Å². The van der Waals surface area contributed by atoms with Crippen molar-refractivity contribution in [1.82, 2.24) is 16.0 Å². The molecule has 6 heteroatoms. The summed E-state index contributed by atoms with van der Waals surface area (Å²) in [7, 11) is 1.61. The van der Waals surface area contributed by atoms with Gasteiger partial charge in [-0.2, -0.15) is 0 Å². The largest absolute Gasteiger partial charge is 0.449 e. The molecule has 0 aromatic heterocycles. The number of amides is 3. The SMILES string of the molecule is CNC(=O)NCCCCCCNC(=O)OCC1CCC2CCCC1C1=C/C=C\C=C/C=C\C2=C/C=C\1. The van der Waals surface area contributed by atoms with E-state index < -0.39 is 0 Å². The van der Waals surface area contributed by atoms with Gasteiger partial charge in [0.1, 0.15) is 0 Å². The molecular formula is C30H43N3O3. The quantitative estimate of drug-likeness (QED) is 0.339. The van der Waals surface area contributed by atoms with Crippen LogP contribution in [0.15, 0.2) is 71.9 Å². The molecule has 4 rings (SSSR count). The number of hydrogen-bond acceptors (Lipinski definition) is 3. The maximum absolute atomic E-state index is 12.4. The van der Waals surface area contributed by atoms with Crippen LogP contribution >= 0.6 is 0 Å². The summed E-state index contributed by atoms with van der Waals surface area (Å²) in [5.41, 5.74) is 2.71. The van der Waals surface area contributed by atoms with E-state index in [4.69, 9.17) is 4.74 Å². The molecule has 0 aromatic rings. The van der Waals surface area contributed by atoms with Crippen molar-refractivity contribution in [3.63, 3.8) is 0 Å². The Morgan fingerprint density at radius 2 is 1.53 bits per heavy atom. The Morgan fingerprint density at radius 1 is 0.806 bits per heavy atom. The molecule has 4 aliphatic carbocycles. The van der Waals surface area contributed by atoms with Crippen molar-refractivity contribution < 1.29 is 14.3 Å². The van der Waals surface area contributed by atoms with Crippen LogP contribution in [0.3, 0.4) is 0 Å². The van der Waals surface area contributed by atoms with E-state index in [9.17, 15) is 9.59 Å². The molecule has 1 saturated carbocycles. The van der Waals surface area contributed by atoms with E-state index in [0.717, 1.165) is 44.9 Å². The molecule has 0 spiro atoms. The number of carbonyl (C=O) groups excluding carboxylic acids is 2. The summed E-state index contributed by atoms with van der Waals surface area (Å²) in [5, 5.41) is 8.24. The van der Waals surface area contributed by atoms with Crippen LogP contribution in [0.5, 0.6) is 0 Å². The highest BCUT2D eigenvalue weighted by atomic mass is 16.5. The lowest BCUT2D eigenvalue weighted by molar-refractivity contribution is 0.104. The van der Waals surface area contributed by atoms with Gasteiger partial charge in [-0.25, -0.2) is 9.59 Å². The average Bonchev–Trinajstić information content (AvgIpc) is 2.87. The molecule has 196 valence electrons. The maximum Gasteiger partial charge on any atom is 0.407 e. The van der Waals surface area contributed by atoms with Crippen LogP contribution in [0, 0.1) is 17.8 Å². The third kappa shape index (κ3) is 9.56. The number of fused-ring (bicyclic) bond motifs is 4. The summed E-state index contributed by atoms with van der Waals surface area (Å²) in [6.07, 6.45) is 30.9. The molecule has 4 bridgehead atoms. The second-order valence-electron chi connectivity index (χ2n) is 9.84. The Hall–Kier alpha value is -3.02. The number of ether oxygens (including phenoxy) is 1. The van der Waals surface area contributed by atoms with Crippen molar-refractivity contribution in [2.75, 3.05) is 26.7 Å². The van der Waals surface area contributed by atoms with Crippen LogP contribution in [0.1, 0.15) is 57.8 Å². The third-order valence-electron chi connectivity index (χ3n) is 7.34. The van der Waals surface area contributed by atoms with Gasteiger partial charge < -0.3 is 20.7 Å². The summed E-state index contributed by atoms with van der Waals surface area (Å²) in [4.78, 5) is 23.6. The van der Waals surface area contributed by atoms with E-state index in [1.165, 1.54) is 24.0 Å². The topological polar surface area (TPSA) is 79.5 Å². The Kier molecular flexibility index (Phi) is 12.2. The molecule has 0 heterocycles. The number of alkyl carbamates (subject to hydrolysis) is 1. The highest BCUT2D eigenvalue weighted by molar-refractivity contribution is 5.73. The Labute approximate surface area is 216 Å². The fourth-order valence-electron chi connectivity index (χ4n) is 5.30. The predicted molar refractivity (Wildman–Crippen MR) is 147 cm³/mol. The van der Waals surface area contributed by atoms with Crippen molar-refractivity contribution >= 4 is 12.1 Å². The molecule has 0 aliphatic heterocycles. The summed E-state index contributed by atoms with van der Waals surface area (Å²) in [6.45, 7) is 1.74. The van der Waals surface area contributed by atoms with Gasteiger partial charge in [0.2, 0.25) is 0 Å². The standard InChI is InChI=1S/C30H43N3O3/c1-31-29(34)32-21-9-5-6-10-22-33-30(35)36-23-27-20-19-25-16-12-18-28(27)26-14-8-4-2-3-7-13-24(25)15-11-17-26/h2-4,7-8,11,13-15,17,25,27-28H,5-6,9-10,12,16,18-23H2,1H3,(H,33,35)(H2,31,32,34)/b3-2-,4-2?,7-3?,8-4-,13-7-,14-8?,15-11?,17-11-,24-13?,24-15+,26-14+,26-17?. The molecule has 3 N–H and O–H groups in total. The normalized spacial score (nSPS) is 29.6. The third-order valence-corrected chi connectivity index (χ3v) is 7.34. The van der Waals surface area contributed by atoms with Crippen molar-refractivity contribution in [3.8, 4) is 0 Å². The second kappa shape index (κ2) is 15.9. The predicted octanol–water partition coefficient (Wildman–Crippen LogP) is 6.12. The molecule has 6 nitrogen and oxygen atoms in total. The highest BCUT2D eigenvalue weighted by Crippen LogP contribution is 2.39. The average molecular weight is 494 g/mol. The minimum Gasteiger partial charge on any atom is -0.449 e. The molecule has 1 fully saturated rings. The maximum atomic E-state index is 12.4. The van der Waals surface area contributed by atoms with Crippen molar-refractivity contribution in [2.24, 2.45) is 17.8 Å². The van der Waals surface area contributed by atoms with Crippen LogP contribution in [0.25, 0.3) is 0 Å². The van der Waals surface area contributed by atoms with Gasteiger partial charge in [0, 0.05) is 26.1 Å². The Morgan fingerprint density at radius 3 is 2.36 bits per heavy atom. The van der Waals surface area contributed by atoms with E-state index in [0.29, 0.717) is 37.5 Å². The van der Waals surface area contributed by atoms with Gasteiger partial charge in [-0.05, 0) is 61.5 Å². The zero-order valence-electron chi connectivity index (χ0n) is 21.7. The molecule has 0 saturated heterocycles. The number of nitrogens with one attached hydrogen (secondary N) is 3. The highest BCUT2D eigenvalue weighted by Gasteiger charge is 2.29. The Bertz CT molecular complexity index is 897. The van der Waals surface area contributed by atoms with Crippen LogP contribution in [0.2, 0.25) is 0 Å². The lowest BCUT2D eigenvalue weighted by Gasteiger charge is -2.33. The Balaban J connectivity index is 1.50. The number of rotatable bonds is 9. The van der Waals surface area contributed by atoms with Gasteiger partial charge in [-0.3, -0.25) is 0 Å². The van der Waals surface area contributed by atoms with Crippen LogP contribution in [-0.4, -0.2) is 38.9 Å². The first-order valence-electron chi connectivity index (χ1n) is 13.6. The number of urea groups is 1. The monoisotopic (exact) mass is 493 g/mol. The second-order valence-corrected chi connectivity index (χ2v) is 9.84. The van der Waals surface area contributed by atoms with Crippen molar-refractivity contribution in [3.05, 3.63) is 71.9 Å². The smallest absolute Gasteiger partial charge is 0.407 e. The molecular weight excluding hydrogens is 450 g/mol. The fourth-order valence-corrected chi connectivity index (χ4v) is 5.30. The van der Waals surface area contributed by atoms with Gasteiger partial charge in [0.05, 0.1) is 6.61 Å². The number of allylic oxidation sites excluding steroid dienone is 12.